The van der Waals surface area contributed by atoms with Crippen molar-refractivity contribution < 1.29 is 9.90 Å². The van der Waals surface area contributed by atoms with Gasteiger partial charge in [-0.3, -0.25) is 4.98 Å². The number of H-pyrrole nitrogens is 1. The summed E-state index contributed by atoms with van der Waals surface area (Å²) < 4.78 is 0. The molecule has 88 valence electrons. The molecule has 0 saturated heterocycles. The van der Waals surface area contributed by atoms with E-state index < -0.39 is 5.97 Å². The second-order valence-corrected chi connectivity index (χ2v) is 4.03. The molecular weight excluding hydrogens is 228 g/mol. The Bertz CT molecular complexity index is 681. The van der Waals surface area contributed by atoms with Crippen molar-refractivity contribution in [3.8, 4) is 11.3 Å². The highest BCUT2D eigenvalue weighted by atomic mass is 16.4. The highest BCUT2D eigenvalue weighted by Crippen LogP contribution is 2.23. The number of pyridine rings is 1. The third-order valence-corrected chi connectivity index (χ3v) is 2.86. The van der Waals surface area contributed by atoms with Crippen LogP contribution >= 0.6 is 0 Å². The van der Waals surface area contributed by atoms with E-state index in [1.54, 1.807) is 36.7 Å². The van der Waals surface area contributed by atoms with Gasteiger partial charge in [0.05, 0.1) is 5.56 Å². The van der Waals surface area contributed by atoms with E-state index in [1.807, 2.05) is 12.1 Å². The van der Waals surface area contributed by atoms with Crippen molar-refractivity contribution in [2.24, 2.45) is 0 Å². The van der Waals surface area contributed by atoms with Gasteiger partial charge in [0.2, 0.25) is 0 Å². The van der Waals surface area contributed by atoms with E-state index in [1.165, 1.54) is 0 Å². The van der Waals surface area contributed by atoms with Crippen LogP contribution in [-0.2, 0) is 0 Å². The van der Waals surface area contributed by atoms with Crippen LogP contribution in [0.3, 0.4) is 0 Å². The highest BCUT2D eigenvalue weighted by Gasteiger charge is 2.05. The molecule has 0 atom stereocenters. The number of aromatic carboxylic acids is 1. The van der Waals surface area contributed by atoms with Gasteiger partial charge in [-0.05, 0) is 29.8 Å². The van der Waals surface area contributed by atoms with Crippen molar-refractivity contribution >= 4 is 16.9 Å². The van der Waals surface area contributed by atoms with Crippen LogP contribution in [0.2, 0.25) is 0 Å². The number of aromatic nitrogens is 2. The van der Waals surface area contributed by atoms with Gasteiger partial charge in [-0.1, -0.05) is 12.1 Å². The third-order valence-electron chi connectivity index (χ3n) is 2.86. The fraction of sp³-hybridized carbons (Fsp3) is 0. The molecule has 1 aromatic carbocycles. The Balaban J connectivity index is 2.06. The number of hydrogen-bond donors (Lipinski definition) is 2. The largest absolute Gasteiger partial charge is 0.478 e. The molecule has 3 aromatic rings. The first-order valence-corrected chi connectivity index (χ1v) is 5.50. The van der Waals surface area contributed by atoms with Gasteiger partial charge in [-0.15, -0.1) is 0 Å². The monoisotopic (exact) mass is 238 g/mol. The predicted octanol–water partition coefficient (Wildman–Crippen LogP) is 2.93. The first-order valence-electron chi connectivity index (χ1n) is 5.50. The van der Waals surface area contributed by atoms with E-state index in [-0.39, 0.29) is 5.56 Å². The summed E-state index contributed by atoms with van der Waals surface area (Å²) in [6, 6.07) is 10.7. The fourth-order valence-electron chi connectivity index (χ4n) is 1.92. The zero-order valence-electron chi connectivity index (χ0n) is 9.42. The number of nitrogens with one attached hydrogen (secondary N) is 1. The zero-order valence-corrected chi connectivity index (χ0v) is 9.42. The summed E-state index contributed by atoms with van der Waals surface area (Å²) in [7, 11) is 0. The summed E-state index contributed by atoms with van der Waals surface area (Å²) in [6.07, 6.45) is 3.52. The lowest BCUT2D eigenvalue weighted by Crippen LogP contribution is -1.94. The lowest BCUT2D eigenvalue weighted by molar-refractivity contribution is 0.0697. The number of rotatable bonds is 2. The summed E-state index contributed by atoms with van der Waals surface area (Å²) in [5.41, 5.74) is 3.21. The van der Waals surface area contributed by atoms with Crippen LogP contribution in [0.25, 0.3) is 22.2 Å². The minimum absolute atomic E-state index is 0.288. The van der Waals surface area contributed by atoms with Crippen molar-refractivity contribution in [2.75, 3.05) is 0 Å². The Labute approximate surface area is 103 Å². The van der Waals surface area contributed by atoms with Crippen molar-refractivity contribution in [3.63, 3.8) is 0 Å². The molecule has 0 unspecified atom stereocenters. The van der Waals surface area contributed by atoms with Crippen molar-refractivity contribution in [1.82, 2.24) is 9.97 Å². The normalized spacial score (nSPS) is 10.7. The van der Waals surface area contributed by atoms with Crippen LogP contribution < -0.4 is 0 Å². The SMILES string of the molecule is O=C(O)c1ccc(-c2cc3cnccc3[nH]2)cc1. The maximum Gasteiger partial charge on any atom is 0.335 e. The molecule has 2 aromatic heterocycles. The Morgan fingerprint density at radius 3 is 2.61 bits per heavy atom. The first kappa shape index (κ1) is 10.5. The Morgan fingerprint density at radius 2 is 1.94 bits per heavy atom. The van der Waals surface area contributed by atoms with Gasteiger partial charge in [0.1, 0.15) is 0 Å². The van der Waals surface area contributed by atoms with Gasteiger partial charge in [0.25, 0.3) is 0 Å². The lowest BCUT2D eigenvalue weighted by Gasteiger charge is -1.98. The minimum Gasteiger partial charge on any atom is -0.478 e. The summed E-state index contributed by atoms with van der Waals surface area (Å²) in [5, 5.41) is 9.88. The van der Waals surface area contributed by atoms with Crippen LogP contribution in [0.1, 0.15) is 10.4 Å². The third kappa shape index (κ3) is 1.73. The van der Waals surface area contributed by atoms with E-state index in [0.29, 0.717) is 0 Å². The number of aromatic amines is 1. The van der Waals surface area contributed by atoms with E-state index in [4.69, 9.17) is 5.11 Å². The van der Waals surface area contributed by atoms with Crippen LogP contribution in [0, 0.1) is 0 Å². The van der Waals surface area contributed by atoms with Crippen LogP contribution in [-0.4, -0.2) is 21.0 Å². The smallest absolute Gasteiger partial charge is 0.335 e. The molecular formula is C14H10N2O2. The van der Waals surface area contributed by atoms with Crippen LogP contribution in [0.4, 0.5) is 0 Å². The molecule has 4 nitrogen and oxygen atoms in total. The number of carboxylic acids is 1. The van der Waals surface area contributed by atoms with Gasteiger partial charge >= 0.3 is 5.97 Å². The van der Waals surface area contributed by atoms with Gasteiger partial charge in [-0.2, -0.15) is 0 Å². The number of fused-ring (bicyclic) bond motifs is 1. The molecule has 0 saturated carbocycles. The zero-order chi connectivity index (χ0) is 12.5. The molecule has 18 heavy (non-hydrogen) atoms. The van der Waals surface area contributed by atoms with Crippen molar-refractivity contribution in [1.29, 1.82) is 0 Å². The lowest BCUT2D eigenvalue weighted by atomic mass is 10.1. The number of hydrogen-bond acceptors (Lipinski definition) is 2. The first-order chi connectivity index (χ1) is 8.74. The Morgan fingerprint density at radius 1 is 1.17 bits per heavy atom. The van der Waals surface area contributed by atoms with Crippen LogP contribution in [0.5, 0.6) is 0 Å². The average molecular weight is 238 g/mol. The molecule has 0 radical (unpaired) electrons. The number of nitrogens with zero attached hydrogens (tertiary/aromatic N) is 1. The minimum atomic E-state index is -0.914. The van der Waals surface area contributed by atoms with E-state index in [9.17, 15) is 4.79 Å². The maximum atomic E-state index is 10.8. The van der Waals surface area contributed by atoms with Crippen LogP contribution in [0.15, 0.2) is 48.8 Å². The molecule has 0 bridgehead atoms. The number of benzene rings is 1. The predicted molar refractivity (Wildman–Crippen MR) is 68.5 cm³/mol. The molecule has 0 fully saturated rings. The van der Waals surface area contributed by atoms with E-state index in [2.05, 4.69) is 9.97 Å². The molecule has 2 heterocycles. The summed E-state index contributed by atoms with van der Waals surface area (Å²) in [4.78, 5) is 18.1. The molecule has 3 rings (SSSR count). The summed E-state index contributed by atoms with van der Waals surface area (Å²) in [5.74, 6) is -0.914. The molecule has 0 amide bonds. The quantitative estimate of drug-likeness (QED) is 0.721. The molecule has 0 aliphatic heterocycles. The van der Waals surface area contributed by atoms with E-state index in [0.717, 1.165) is 22.2 Å². The number of carbonyl (C=O) groups is 1. The van der Waals surface area contributed by atoms with Gasteiger partial charge in [-0.25, -0.2) is 4.79 Å². The molecule has 0 aliphatic carbocycles. The molecule has 0 spiro atoms. The second kappa shape index (κ2) is 4.00. The fourth-order valence-corrected chi connectivity index (χ4v) is 1.92. The second-order valence-electron chi connectivity index (χ2n) is 4.03. The standard InChI is InChI=1S/C14H10N2O2/c17-14(18)10-3-1-9(2-4-10)13-7-11-8-15-6-5-12(11)16-13/h1-8,16H,(H,17,18). The number of carboxylic acid groups (broad SMARTS) is 1. The molecule has 4 heteroatoms. The highest BCUT2D eigenvalue weighted by molar-refractivity contribution is 5.89. The van der Waals surface area contributed by atoms with Gasteiger partial charge in [0.15, 0.2) is 0 Å². The molecule has 2 N–H and O–H groups in total. The molecule has 0 aliphatic rings. The van der Waals surface area contributed by atoms with Crippen molar-refractivity contribution in [3.05, 3.63) is 54.4 Å². The van der Waals surface area contributed by atoms with Gasteiger partial charge < -0.3 is 10.1 Å². The van der Waals surface area contributed by atoms with Gasteiger partial charge in [0, 0.05) is 29.0 Å². The summed E-state index contributed by atoms with van der Waals surface area (Å²) in [6.45, 7) is 0. The summed E-state index contributed by atoms with van der Waals surface area (Å²) >= 11 is 0. The van der Waals surface area contributed by atoms with E-state index >= 15 is 0 Å². The maximum absolute atomic E-state index is 10.8. The average Bonchev–Trinajstić information content (AvgIpc) is 2.82. The topological polar surface area (TPSA) is 66.0 Å². The van der Waals surface area contributed by atoms with Crippen molar-refractivity contribution in [2.45, 2.75) is 0 Å². The Hall–Kier alpha value is -2.62. The Kier molecular flexibility index (Phi) is 2.34.